The second-order valence-corrected chi connectivity index (χ2v) is 10.7. The molecule has 0 spiro atoms. The van der Waals surface area contributed by atoms with E-state index in [1.54, 1.807) is 13.0 Å². The Bertz CT molecular complexity index is 1280. The molecule has 5 nitrogen and oxygen atoms in total. The number of phenols is 1. The Morgan fingerprint density at radius 1 is 1.28 bits per heavy atom. The number of ether oxygens (including phenoxy) is 1. The van der Waals surface area contributed by atoms with Gasteiger partial charge in [-0.2, -0.15) is 13.2 Å². The first-order valence-corrected chi connectivity index (χ1v) is 13.0. The lowest BCUT2D eigenvalue weighted by atomic mass is 10.0. The van der Waals surface area contributed by atoms with Crippen LogP contribution in [0.2, 0.25) is 0 Å². The van der Waals surface area contributed by atoms with Gasteiger partial charge in [0, 0.05) is 39.9 Å². The average Bonchev–Trinajstić information content (AvgIpc) is 3.57. The van der Waals surface area contributed by atoms with Gasteiger partial charge in [-0.3, -0.25) is 0 Å². The number of hydrogen-bond acceptors (Lipinski definition) is 5. The van der Waals surface area contributed by atoms with Gasteiger partial charge in [0.15, 0.2) is 0 Å². The molecular formula is C25H27BrClF3N2O3S. The normalized spacial score (nSPS) is 13.8. The van der Waals surface area contributed by atoms with Gasteiger partial charge in [0.25, 0.3) is 0 Å². The second kappa shape index (κ2) is 11.2. The molecule has 1 aliphatic rings. The number of carbonyl (C=O) groups is 1. The molecule has 0 amide bonds. The van der Waals surface area contributed by atoms with Crippen molar-refractivity contribution in [3.63, 3.8) is 0 Å². The van der Waals surface area contributed by atoms with E-state index in [0.29, 0.717) is 38.1 Å². The van der Waals surface area contributed by atoms with Gasteiger partial charge in [-0.25, -0.2) is 4.79 Å². The molecule has 3 aromatic rings. The lowest BCUT2D eigenvalue weighted by Gasteiger charge is -2.15. The van der Waals surface area contributed by atoms with Crippen molar-refractivity contribution >= 4 is 57.0 Å². The first kappa shape index (κ1) is 28.7. The van der Waals surface area contributed by atoms with E-state index in [4.69, 9.17) is 4.74 Å². The minimum Gasteiger partial charge on any atom is -0.506 e. The summed E-state index contributed by atoms with van der Waals surface area (Å²) < 4.78 is 47.7. The second-order valence-electron chi connectivity index (χ2n) is 8.78. The molecule has 2 aromatic carbocycles. The summed E-state index contributed by atoms with van der Waals surface area (Å²) in [6, 6.07) is 7.18. The third-order valence-electron chi connectivity index (χ3n) is 5.83. The van der Waals surface area contributed by atoms with Crippen molar-refractivity contribution in [3.8, 4) is 5.75 Å². The topological polar surface area (TPSA) is 54.7 Å². The van der Waals surface area contributed by atoms with E-state index in [2.05, 4.69) is 20.5 Å². The zero-order valence-electron chi connectivity index (χ0n) is 20.0. The maximum absolute atomic E-state index is 13.3. The number of halogens is 5. The fraction of sp³-hybridized carbons (Fsp3) is 0.400. The highest BCUT2D eigenvalue weighted by atomic mass is 79.9. The van der Waals surface area contributed by atoms with E-state index in [9.17, 15) is 23.1 Å². The van der Waals surface area contributed by atoms with Crippen molar-refractivity contribution in [2.75, 3.05) is 20.7 Å². The van der Waals surface area contributed by atoms with Gasteiger partial charge in [0.2, 0.25) is 0 Å². The summed E-state index contributed by atoms with van der Waals surface area (Å²) in [5, 5.41) is 11.5. The highest BCUT2D eigenvalue weighted by Gasteiger charge is 2.35. The fourth-order valence-electron chi connectivity index (χ4n) is 4.26. The fourth-order valence-corrected chi connectivity index (χ4v) is 5.68. The molecule has 196 valence electrons. The number of nitrogens with zero attached hydrogens (tertiary/aromatic N) is 2. The molecule has 0 unspecified atom stereocenters. The Morgan fingerprint density at radius 3 is 2.56 bits per heavy atom. The van der Waals surface area contributed by atoms with E-state index in [0.717, 1.165) is 30.5 Å². The largest absolute Gasteiger partial charge is 0.506 e. The number of thioether (sulfide) groups is 1. The Morgan fingerprint density at radius 2 is 1.97 bits per heavy atom. The van der Waals surface area contributed by atoms with Gasteiger partial charge in [-0.15, -0.1) is 24.2 Å². The minimum absolute atomic E-state index is 0. The van der Waals surface area contributed by atoms with Gasteiger partial charge in [0.05, 0.1) is 27.7 Å². The van der Waals surface area contributed by atoms with Crippen LogP contribution in [0.15, 0.2) is 39.7 Å². The van der Waals surface area contributed by atoms with Gasteiger partial charge >= 0.3 is 12.1 Å². The van der Waals surface area contributed by atoms with Crippen molar-refractivity contribution in [1.29, 1.82) is 0 Å². The number of fused-ring (bicyclic) bond motifs is 1. The van der Waals surface area contributed by atoms with Crippen LogP contribution in [-0.4, -0.2) is 41.2 Å². The molecule has 0 bridgehead atoms. The quantitative estimate of drug-likeness (QED) is 0.213. The third-order valence-corrected chi connectivity index (χ3v) is 7.43. The number of aromatic nitrogens is 1. The Labute approximate surface area is 226 Å². The zero-order valence-corrected chi connectivity index (χ0v) is 23.2. The van der Waals surface area contributed by atoms with Crippen LogP contribution >= 0.6 is 40.1 Å². The SMILES string of the molecule is CCOC(=O)c1c(CSc2cccc(C(F)(F)F)c2)n(C2CC2)c2cc(Br)c(O)c(CN(C)C)c12.Cl. The van der Waals surface area contributed by atoms with Crippen molar-refractivity contribution in [2.24, 2.45) is 0 Å². The average molecular weight is 608 g/mol. The smallest absolute Gasteiger partial charge is 0.416 e. The standard InChI is InChI=1S/C25H26BrF3N2O3S.ClH/c1-4-34-24(33)22-20(13-35-16-7-5-6-14(10-16)25(27,28)29)31(15-8-9-15)19-11-18(26)23(32)17(21(19)22)12-30(2)3;/h5-7,10-11,15,32H,4,8-9,12-13H2,1-3H3;1H. The maximum Gasteiger partial charge on any atom is 0.416 e. The number of esters is 1. The zero-order chi connectivity index (χ0) is 25.5. The number of aromatic hydroxyl groups is 1. The summed E-state index contributed by atoms with van der Waals surface area (Å²) in [5.74, 6) is -0.166. The molecule has 1 N–H and O–H groups in total. The molecule has 1 saturated carbocycles. The van der Waals surface area contributed by atoms with Crippen LogP contribution in [0.1, 0.15) is 53.0 Å². The summed E-state index contributed by atoms with van der Waals surface area (Å²) in [6.45, 7) is 2.30. The minimum atomic E-state index is -4.43. The monoisotopic (exact) mass is 606 g/mol. The number of rotatable bonds is 8. The molecular weight excluding hydrogens is 581 g/mol. The molecule has 1 aromatic heterocycles. The summed E-state index contributed by atoms with van der Waals surface area (Å²) in [4.78, 5) is 15.6. The van der Waals surface area contributed by atoms with E-state index in [-0.39, 0.29) is 36.6 Å². The molecule has 0 saturated heterocycles. The van der Waals surface area contributed by atoms with Gasteiger partial charge in [0.1, 0.15) is 5.75 Å². The molecule has 0 aliphatic heterocycles. The molecule has 1 heterocycles. The Hall–Kier alpha value is -1.88. The first-order valence-electron chi connectivity index (χ1n) is 11.2. The highest BCUT2D eigenvalue weighted by Crippen LogP contribution is 2.47. The van der Waals surface area contributed by atoms with Crippen molar-refractivity contribution in [1.82, 2.24) is 9.47 Å². The summed E-state index contributed by atoms with van der Waals surface area (Å²) in [6.07, 6.45) is -2.55. The van der Waals surface area contributed by atoms with E-state index < -0.39 is 17.7 Å². The van der Waals surface area contributed by atoms with Crippen LogP contribution in [0.5, 0.6) is 5.75 Å². The molecule has 11 heteroatoms. The molecule has 1 fully saturated rings. The predicted octanol–water partition coefficient (Wildman–Crippen LogP) is 7.42. The van der Waals surface area contributed by atoms with Crippen molar-refractivity contribution < 1.29 is 27.8 Å². The Kier molecular flexibility index (Phi) is 8.96. The van der Waals surface area contributed by atoms with Crippen molar-refractivity contribution in [3.05, 3.63) is 57.2 Å². The van der Waals surface area contributed by atoms with Gasteiger partial charge in [-0.05, 0) is 74.1 Å². The van der Waals surface area contributed by atoms with Gasteiger partial charge < -0.3 is 19.3 Å². The van der Waals surface area contributed by atoms with E-state index in [1.807, 2.05) is 25.1 Å². The number of carbonyl (C=O) groups excluding carboxylic acids is 1. The van der Waals surface area contributed by atoms with E-state index in [1.165, 1.54) is 17.8 Å². The third kappa shape index (κ3) is 5.82. The number of alkyl halides is 3. The summed E-state index contributed by atoms with van der Waals surface area (Å²) in [7, 11) is 3.75. The van der Waals surface area contributed by atoms with Gasteiger partial charge in [-0.1, -0.05) is 6.07 Å². The molecule has 36 heavy (non-hydrogen) atoms. The molecule has 1 aliphatic carbocycles. The van der Waals surface area contributed by atoms with E-state index >= 15 is 0 Å². The number of benzene rings is 2. The van der Waals surface area contributed by atoms with Crippen LogP contribution in [0.25, 0.3) is 10.9 Å². The van der Waals surface area contributed by atoms with Crippen LogP contribution in [0.3, 0.4) is 0 Å². The Balaban J connectivity index is 0.00000361. The van der Waals surface area contributed by atoms with Crippen LogP contribution in [-0.2, 0) is 23.2 Å². The summed E-state index contributed by atoms with van der Waals surface area (Å²) >= 11 is 4.70. The number of phenolic OH excluding ortho intramolecular Hbond substituents is 1. The van der Waals surface area contributed by atoms with Crippen LogP contribution in [0, 0.1) is 0 Å². The lowest BCUT2D eigenvalue weighted by Crippen LogP contribution is -2.13. The maximum atomic E-state index is 13.3. The first-order chi connectivity index (χ1) is 16.5. The lowest BCUT2D eigenvalue weighted by molar-refractivity contribution is -0.137. The summed E-state index contributed by atoms with van der Waals surface area (Å²) in [5.41, 5.74) is 1.76. The van der Waals surface area contributed by atoms with Crippen LogP contribution in [0.4, 0.5) is 13.2 Å². The molecule has 4 rings (SSSR count). The van der Waals surface area contributed by atoms with Crippen molar-refractivity contribution in [2.45, 2.75) is 49.2 Å². The highest BCUT2D eigenvalue weighted by molar-refractivity contribution is 9.10. The van der Waals surface area contributed by atoms with Crippen LogP contribution < -0.4 is 0 Å². The molecule has 0 atom stereocenters. The number of hydrogen-bond donors (Lipinski definition) is 1. The molecule has 0 radical (unpaired) electrons. The predicted molar refractivity (Wildman–Crippen MR) is 141 cm³/mol.